The van der Waals surface area contributed by atoms with Gasteiger partial charge in [0, 0.05) is 32.2 Å². The molecule has 2 N–H and O–H groups in total. The molecule has 4 nitrogen and oxygen atoms in total. The number of benzene rings is 1. The predicted molar refractivity (Wildman–Crippen MR) is 96.1 cm³/mol. The Morgan fingerprint density at radius 2 is 1.91 bits per heavy atom. The van der Waals surface area contributed by atoms with Gasteiger partial charge in [-0.25, -0.2) is 0 Å². The summed E-state index contributed by atoms with van der Waals surface area (Å²) in [7, 11) is 1.62. The number of aromatic hydroxyl groups is 1. The maximum atomic E-state index is 10.1. The Bertz CT molecular complexity index is 508. The van der Waals surface area contributed by atoms with E-state index in [0.717, 1.165) is 30.7 Å². The van der Waals surface area contributed by atoms with E-state index in [4.69, 9.17) is 4.74 Å². The summed E-state index contributed by atoms with van der Waals surface area (Å²) in [6.45, 7) is 4.28. The Kier molecular flexibility index (Phi) is 5.83. The van der Waals surface area contributed by atoms with Crippen molar-refractivity contribution in [1.29, 1.82) is 0 Å². The summed E-state index contributed by atoms with van der Waals surface area (Å²) in [5, 5.41) is 13.6. The Labute approximate surface area is 147 Å². The molecular weight excluding hydrogens is 356 g/mol. The quantitative estimate of drug-likeness (QED) is 0.833. The van der Waals surface area contributed by atoms with Crippen LogP contribution in [0.1, 0.15) is 43.7 Å². The van der Waals surface area contributed by atoms with Crippen molar-refractivity contribution in [1.82, 2.24) is 10.2 Å². The van der Waals surface area contributed by atoms with Crippen LogP contribution in [0.5, 0.6) is 11.5 Å². The predicted octanol–water partition coefficient (Wildman–Crippen LogP) is 3.69. The third-order valence-electron chi connectivity index (χ3n) is 5.25. The topological polar surface area (TPSA) is 44.7 Å². The lowest BCUT2D eigenvalue weighted by Gasteiger charge is -2.41. The number of piperazine rings is 1. The second kappa shape index (κ2) is 7.86. The van der Waals surface area contributed by atoms with Crippen molar-refractivity contribution in [2.24, 2.45) is 5.92 Å². The SMILES string of the molecule is COc1cc([C@@H](C2CCCCC2)N2CCNCC2)cc(Br)c1O. The minimum absolute atomic E-state index is 0.193. The van der Waals surface area contributed by atoms with Gasteiger partial charge in [0.1, 0.15) is 0 Å². The first-order valence-corrected chi connectivity index (χ1v) is 9.51. The fraction of sp³-hybridized carbons (Fsp3) is 0.667. The lowest BCUT2D eigenvalue weighted by atomic mass is 9.80. The van der Waals surface area contributed by atoms with Crippen LogP contribution in [-0.2, 0) is 0 Å². The van der Waals surface area contributed by atoms with Crippen molar-refractivity contribution < 1.29 is 9.84 Å². The first-order valence-electron chi connectivity index (χ1n) is 8.72. The molecule has 0 unspecified atom stereocenters. The number of phenolic OH excluding ortho intramolecular Hbond substituents is 1. The lowest BCUT2D eigenvalue weighted by Crippen LogP contribution is -2.47. The molecule has 5 heteroatoms. The average molecular weight is 383 g/mol. The fourth-order valence-electron chi connectivity index (χ4n) is 4.11. The second-order valence-electron chi connectivity index (χ2n) is 6.68. The molecule has 23 heavy (non-hydrogen) atoms. The van der Waals surface area contributed by atoms with Crippen LogP contribution in [0.25, 0.3) is 0 Å². The summed E-state index contributed by atoms with van der Waals surface area (Å²) in [4.78, 5) is 2.62. The van der Waals surface area contributed by atoms with Crippen LogP contribution in [-0.4, -0.2) is 43.3 Å². The normalized spacial score (nSPS) is 22.0. The number of methoxy groups -OCH3 is 1. The first-order chi connectivity index (χ1) is 11.2. The van der Waals surface area contributed by atoms with Crippen molar-refractivity contribution in [3.8, 4) is 11.5 Å². The molecule has 0 spiro atoms. The average Bonchev–Trinajstić information content (AvgIpc) is 2.60. The molecular formula is C18H27BrN2O2. The molecule has 2 fully saturated rings. The van der Waals surface area contributed by atoms with Crippen molar-refractivity contribution in [2.75, 3.05) is 33.3 Å². The van der Waals surface area contributed by atoms with Gasteiger partial charge in [0.15, 0.2) is 11.5 Å². The number of ether oxygens (including phenoxy) is 1. The van der Waals surface area contributed by atoms with E-state index in [2.05, 4.69) is 32.2 Å². The van der Waals surface area contributed by atoms with Crippen LogP contribution in [0.15, 0.2) is 16.6 Å². The molecule has 0 bridgehead atoms. The summed E-state index contributed by atoms with van der Waals surface area (Å²) in [6, 6.07) is 4.53. The van der Waals surface area contributed by atoms with E-state index in [1.165, 1.54) is 37.7 Å². The number of rotatable bonds is 4. The molecule has 1 aliphatic carbocycles. The van der Waals surface area contributed by atoms with Crippen LogP contribution < -0.4 is 10.1 Å². The van der Waals surface area contributed by atoms with Crippen LogP contribution >= 0.6 is 15.9 Å². The van der Waals surface area contributed by atoms with Gasteiger partial charge in [-0.1, -0.05) is 19.3 Å². The molecule has 0 radical (unpaired) electrons. The molecule has 0 amide bonds. The van der Waals surface area contributed by atoms with Crippen LogP contribution in [0.4, 0.5) is 0 Å². The highest BCUT2D eigenvalue weighted by molar-refractivity contribution is 9.10. The largest absolute Gasteiger partial charge is 0.503 e. The molecule has 1 aromatic rings. The minimum Gasteiger partial charge on any atom is -0.503 e. The third kappa shape index (κ3) is 3.83. The Morgan fingerprint density at radius 3 is 2.57 bits per heavy atom. The smallest absolute Gasteiger partial charge is 0.172 e. The maximum absolute atomic E-state index is 10.1. The molecule has 1 aliphatic heterocycles. The van der Waals surface area contributed by atoms with E-state index in [9.17, 15) is 5.11 Å². The van der Waals surface area contributed by atoms with Gasteiger partial charge in [-0.2, -0.15) is 0 Å². The standard InChI is InChI=1S/C18H27BrN2O2/c1-23-16-12-14(11-15(19)18(16)22)17(13-5-3-2-4-6-13)21-9-7-20-8-10-21/h11-13,17,20,22H,2-10H2,1H3/t17-/m1/s1. The number of hydrogen-bond acceptors (Lipinski definition) is 4. The molecule has 0 aromatic heterocycles. The lowest BCUT2D eigenvalue weighted by molar-refractivity contribution is 0.103. The Balaban J connectivity index is 1.94. The maximum Gasteiger partial charge on any atom is 0.172 e. The van der Waals surface area contributed by atoms with E-state index in [0.29, 0.717) is 17.7 Å². The molecule has 2 aliphatic rings. The van der Waals surface area contributed by atoms with Crippen molar-refractivity contribution in [3.05, 3.63) is 22.2 Å². The van der Waals surface area contributed by atoms with Gasteiger partial charge in [-0.3, -0.25) is 4.90 Å². The zero-order valence-corrected chi connectivity index (χ0v) is 15.4. The number of halogens is 1. The number of phenols is 1. The monoisotopic (exact) mass is 382 g/mol. The van der Waals surface area contributed by atoms with E-state index in [-0.39, 0.29) is 5.75 Å². The van der Waals surface area contributed by atoms with Gasteiger partial charge >= 0.3 is 0 Å². The van der Waals surface area contributed by atoms with E-state index in [1.807, 2.05) is 6.07 Å². The fourth-order valence-corrected chi connectivity index (χ4v) is 4.57. The van der Waals surface area contributed by atoms with Gasteiger partial charge in [0.05, 0.1) is 11.6 Å². The van der Waals surface area contributed by atoms with Crippen molar-refractivity contribution in [2.45, 2.75) is 38.1 Å². The summed E-state index contributed by atoms with van der Waals surface area (Å²) in [5.41, 5.74) is 1.26. The summed E-state index contributed by atoms with van der Waals surface area (Å²) < 4.78 is 6.11. The van der Waals surface area contributed by atoms with Gasteiger partial charge in [0.25, 0.3) is 0 Å². The molecule has 1 heterocycles. The third-order valence-corrected chi connectivity index (χ3v) is 5.86. The van der Waals surface area contributed by atoms with E-state index in [1.54, 1.807) is 7.11 Å². The summed E-state index contributed by atoms with van der Waals surface area (Å²) in [6.07, 6.45) is 6.64. The minimum atomic E-state index is 0.193. The molecule has 128 valence electrons. The van der Waals surface area contributed by atoms with Crippen LogP contribution in [0, 0.1) is 5.92 Å². The highest BCUT2D eigenvalue weighted by Gasteiger charge is 2.31. The van der Waals surface area contributed by atoms with Gasteiger partial charge < -0.3 is 15.2 Å². The highest BCUT2D eigenvalue weighted by Crippen LogP contribution is 2.43. The molecule has 1 saturated carbocycles. The van der Waals surface area contributed by atoms with Gasteiger partial charge in [-0.05, 0) is 52.4 Å². The second-order valence-corrected chi connectivity index (χ2v) is 7.54. The molecule has 1 aromatic carbocycles. The van der Waals surface area contributed by atoms with E-state index >= 15 is 0 Å². The summed E-state index contributed by atoms with van der Waals surface area (Å²) in [5.74, 6) is 1.45. The Morgan fingerprint density at radius 1 is 1.22 bits per heavy atom. The first kappa shape index (κ1) is 17.1. The van der Waals surface area contributed by atoms with Crippen molar-refractivity contribution in [3.63, 3.8) is 0 Å². The zero-order chi connectivity index (χ0) is 16.2. The van der Waals surface area contributed by atoms with E-state index < -0.39 is 0 Å². The van der Waals surface area contributed by atoms with Crippen LogP contribution in [0.2, 0.25) is 0 Å². The molecule has 1 atom stereocenters. The van der Waals surface area contributed by atoms with Gasteiger partial charge in [0.2, 0.25) is 0 Å². The highest BCUT2D eigenvalue weighted by atomic mass is 79.9. The number of nitrogens with zero attached hydrogens (tertiary/aromatic N) is 1. The van der Waals surface area contributed by atoms with Crippen LogP contribution in [0.3, 0.4) is 0 Å². The van der Waals surface area contributed by atoms with Gasteiger partial charge in [-0.15, -0.1) is 0 Å². The number of nitrogens with one attached hydrogen (secondary N) is 1. The number of hydrogen-bond donors (Lipinski definition) is 2. The molecule has 3 rings (SSSR count). The Hall–Kier alpha value is -0.780. The molecule has 1 saturated heterocycles. The summed E-state index contributed by atoms with van der Waals surface area (Å²) >= 11 is 3.49. The van der Waals surface area contributed by atoms with Crippen molar-refractivity contribution >= 4 is 15.9 Å². The zero-order valence-electron chi connectivity index (χ0n) is 13.9.